The summed E-state index contributed by atoms with van der Waals surface area (Å²) in [5.74, 6) is 0. The summed E-state index contributed by atoms with van der Waals surface area (Å²) in [6, 6.07) is 7.73. The Hall–Kier alpha value is -1.06. The van der Waals surface area contributed by atoms with Gasteiger partial charge in [-0.25, -0.2) is 0 Å². The second-order valence-electron chi connectivity index (χ2n) is 2.73. The van der Waals surface area contributed by atoms with E-state index in [1.807, 2.05) is 31.2 Å². The molecule has 1 rings (SSSR count). The van der Waals surface area contributed by atoms with Crippen molar-refractivity contribution in [2.24, 2.45) is 0 Å². The maximum atomic E-state index is 8.56. The van der Waals surface area contributed by atoms with E-state index in [1.165, 1.54) is 5.56 Å². The van der Waals surface area contributed by atoms with Crippen molar-refractivity contribution in [2.45, 2.75) is 13.2 Å². The van der Waals surface area contributed by atoms with Crippen LogP contribution in [0.4, 0.5) is 5.69 Å². The molecule has 0 saturated carbocycles. The molecule has 66 valence electrons. The van der Waals surface area contributed by atoms with Crippen molar-refractivity contribution < 1.29 is 10.2 Å². The van der Waals surface area contributed by atoms with Crippen molar-refractivity contribution in [2.75, 3.05) is 11.9 Å². The third kappa shape index (κ3) is 2.90. The summed E-state index contributed by atoms with van der Waals surface area (Å²) in [6.45, 7) is 2.16. The Morgan fingerprint density at radius 3 is 2.33 bits per heavy atom. The summed E-state index contributed by atoms with van der Waals surface area (Å²) in [5, 5.41) is 20.0. The van der Waals surface area contributed by atoms with E-state index in [0.29, 0.717) is 0 Å². The molecule has 0 saturated heterocycles. The summed E-state index contributed by atoms with van der Waals surface area (Å²) >= 11 is 0. The Kier molecular flexibility index (Phi) is 3.08. The Morgan fingerprint density at radius 1 is 1.25 bits per heavy atom. The molecule has 0 unspecified atom stereocenters. The number of aliphatic hydroxyl groups is 2. The molecular weight excluding hydrogens is 154 g/mol. The molecule has 0 aromatic heterocycles. The van der Waals surface area contributed by atoms with Crippen molar-refractivity contribution >= 4 is 5.69 Å². The van der Waals surface area contributed by atoms with Gasteiger partial charge in [0.2, 0.25) is 0 Å². The molecule has 0 amide bonds. The number of aryl methyl sites for hydroxylation is 1. The van der Waals surface area contributed by atoms with E-state index in [4.69, 9.17) is 10.2 Å². The zero-order chi connectivity index (χ0) is 8.97. The molecule has 0 heterocycles. The number of aliphatic hydroxyl groups excluding tert-OH is 1. The predicted molar refractivity (Wildman–Crippen MR) is 47.9 cm³/mol. The Morgan fingerprint density at radius 2 is 1.83 bits per heavy atom. The van der Waals surface area contributed by atoms with Gasteiger partial charge in [-0.1, -0.05) is 17.7 Å². The molecule has 0 fully saturated rings. The van der Waals surface area contributed by atoms with E-state index in [0.717, 1.165) is 5.69 Å². The van der Waals surface area contributed by atoms with Crippen LogP contribution in [0.25, 0.3) is 0 Å². The van der Waals surface area contributed by atoms with Crippen molar-refractivity contribution in [1.82, 2.24) is 0 Å². The van der Waals surface area contributed by atoms with Gasteiger partial charge in [-0.05, 0) is 19.1 Å². The van der Waals surface area contributed by atoms with E-state index >= 15 is 0 Å². The lowest BCUT2D eigenvalue weighted by Crippen LogP contribution is -2.18. The van der Waals surface area contributed by atoms with Gasteiger partial charge in [0.15, 0.2) is 6.29 Å². The molecule has 0 aliphatic rings. The second-order valence-corrected chi connectivity index (χ2v) is 2.73. The van der Waals surface area contributed by atoms with Crippen LogP contribution in [0.1, 0.15) is 5.56 Å². The van der Waals surface area contributed by atoms with Crippen LogP contribution >= 0.6 is 0 Å². The highest BCUT2D eigenvalue weighted by Crippen LogP contribution is 2.07. The number of hydrogen-bond acceptors (Lipinski definition) is 3. The van der Waals surface area contributed by atoms with Crippen molar-refractivity contribution in [3.8, 4) is 0 Å². The molecule has 0 aliphatic carbocycles. The fourth-order valence-corrected chi connectivity index (χ4v) is 0.881. The van der Waals surface area contributed by atoms with Gasteiger partial charge in [-0.3, -0.25) is 0 Å². The summed E-state index contributed by atoms with van der Waals surface area (Å²) < 4.78 is 0. The van der Waals surface area contributed by atoms with E-state index in [9.17, 15) is 0 Å². The Bertz CT molecular complexity index is 231. The van der Waals surface area contributed by atoms with Crippen molar-refractivity contribution in [3.63, 3.8) is 0 Å². The highest BCUT2D eigenvalue weighted by atomic mass is 16.5. The zero-order valence-corrected chi connectivity index (χ0v) is 6.99. The SMILES string of the molecule is Cc1ccc(NCC(O)O)cc1. The lowest BCUT2D eigenvalue weighted by atomic mass is 10.2. The lowest BCUT2D eigenvalue weighted by Gasteiger charge is -2.07. The van der Waals surface area contributed by atoms with Crippen LogP contribution < -0.4 is 5.32 Å². The first-order chi connectivity index (χ1) is 5.68. The highest BCUT2D eigenvalue weighted by Gasteiger charge is 1.95. The minimum Gasteiger partial charge on any atom is -0.380 e. The lowest BCUT2D eigenvalue weighted by molar-refractivity contribution is -0.0275. The van der Waals surface area contributed by atoms with Gasteiger partial charge in [0.1, 0.15) is 0 Å². The topological polar surface area (TPSA) is 52.5 Å². The van der Waals surface area contributed by atoms with Gasteiger partial charge in [0, 0.05) is 5.69 Å². The minimum absolute atomic E-state index is 0.156. The summed E-state index contributed by atoms with van der Waals surface area (Å²) in [7, 11) is 0. The third-order valence-corrected chi connectivity index (χ3v) is 1.54. The molecule has 0 bridgehead atoms. The number of hydrogen-bond donors (Lipinski definition) is 3. The molecule has 1 aromatic rings. The average Bonchev–Trinajstić information content (AvgIpc) is 2.03. The normalized spacial score (nSPS) is 10.3. The molecule has 0 aliphatic heterocycles. The van der Waals surface area contributed by atoms with Crippen molar-refractivity contribution in [3.05, 3.63) is 29.8 Å². The second kappa shape index (κ2) is 4.09. The van der Waals surface area contributed by atoms with Crippen LogP contribution in [-0.4, -0.2) is 23.0 Å². The van der Waals surface area contributed by atoms with Crippen LogP contribution in [0.2, 0.25) is 0 Å². The fraction of sp³-hybridized carbons (Fsp3) is 0.333. The Labute approximate surface area is 71.7 Å². The molecule has 0 atom stereocenters. The van der Waals surface area contributed by atoms with Gasteiger partial charge in [-0.15, -0.1) is 0 Å². The largest absolute Gasteiger partial charge is 0.380 e. The zero-order valence-electron chi connectivity index (χ0n) is 6.99. The van der Waals surface area contributed by atoms with Gasteiger partial charge in [0.25, 0.3) is 0 Å². The van der Waals surface area contributed by atoms with Gasteiger partial charge < -0.3 is 15.5 Å². The third-order valence-electron chi connectivity index (χ3n) is 1.54. The molecule has 3 nitrogen and oxygen atoms in total. The van der Waals surface area contributed by atoms with Crippen LogP contribution in [-0.2, 0) is 0 Å². The molecule has 12 heavy (non-hydrogen) atoms. The van der Waals surface area contributed by atoms with Crippen LogP contribution in [0.5, 0.6) is 0 Å². The van der Waals surface area contributed by atoms with E-state index < -0.39 is 6.29 Å². The maximum absolute atomic E-state index is 8.56. The highest BCUT2D eigenvalue weighted by molar-refractivity contribution is 5.44. The molecule has 0 radical (unpaired) electrons. The van der Waals surface area contributed by atoms with Crippen LogP contribution in [0, 0.1) is 6.92 Å². The summed E-state index contributed by atoms with van der Waals surface area (Å²) in [4.78, 5) is 0. The van der Waals surface area contributed by atoms with E-state index in [2.05, 4.69) is 5.32 Å². The first-order valence-electron chi connectivity index (χ1n) is 3.85. The van der Waals surface area contributed by atoms with Gasteiger partial charge in [-0.2, -0.15) is 0 Å². The van der Waals surface area contributed by atoms with Crippen LogP contribution in [0.15, 0.2) is 24.3 Å². The molecule has 3 N–H and O–H groups in total. The Balaban J connectivity index is 2.48. The quantitative estimate of drug-likeness (QED) is 0.581. The van der Waals surface area contributed by atoms with Gasteiger partial charge in [0.05, 0.1) is 6.54 Å². The smallest absolute Gasteiger partial charge is 0.169 e. The monoisotopic (exact) mass is 167 g/mol. The molecular formula is C9H13NO2. The molecule has 3 heteroatoms. The first kappa shape index (κ1) is 9.03. The van der Waals surface area contributed by atoms with Crippen LogP contribution in [0.3, 0.4) is 0 Å². The average molecular weight is 167 g/mol. The summed E-state index contributed by atoms with van der Waals surface area (Å²) in [5.41, 5.74) is 2.08. The van der Waals surface area contributed by atoms with E-state index in [-0.39, 0.29) is 6.54 Å². The number of anilines is 1. The molecule has 1 aromatic carbocycles. The fourth-order valence-electron chi connectivity index (χ4n) is 0.881. The van der Waals surface area contributed by atoms with E-state index in [1.54, 1.807) is 0 Å². The molecule has 0 spiro atoms. The number of nitrogens with one attached hydrogen (secondary N) is 1. The van der Waals surface area contributed by atoms with Crippen molar-refractivity contribution in [1.29, 1.82) is 0 Å². The first-order valence-corrected chi connectivity index (χ1v) is 3.85. The number of benzene rings is 1. The number of rotatable bonds is 3. The predicted octanol–water partition coefficient (Wildman–Crippen LogP) is 0.718. The maximum Gasteiger partial charge on any atom is 0.169 e. The van der Waals surface area contributed by atoms with Gasteiger partial charge >= 0.3 is 0 Å². The summed E-state index contributed by atoms with van der Waals surface area (Å²) in [6.07, 6.45) is -1.30. The minimum atomic E-state index is -1.30. The standard InChI is InChI=1S/C9H13NO2/c1-7-2-4-8(5-3-7)10-6-9(11)12/h2-5,9-12H,6H2,1H3.